The number of ether oxygens (including phenoxy) is 1. The molecule has 0 spiro atoms. The van der Waals surface area contributed by atoms with Crippen molar-refractivity contribution in [1.29, 1.82) is 0 Å². The lowest BCUT2D eigenvalue weighted by Crippen LogP contribution is -2.15. The van der Waals surface area contributed by atoms with E-state index in [4.69, 9.17) is 10.5 Å². The molecule has 100 valence electrons. The summed E-state index contributed by atoms with van der Waals surface area (Å²) >= 11 is 3.45. The summed E-state index contributed by atoms with van der Waals surface area (Å²) in [6, 6.07) is 5.84. The number of hydrogen-bond donors (Lipinski definition) is 1. The maximum absolute atomic E-state index is 11.8. The molecule has 0 bridgehead atoms. The smallest absolute Gasteiger partial charge is 0.137 e. The van der Waals surface area contributed by atoms with Crippen molar-refractivity contribution in [3.05, 3.63) is 28.2 Å². The SMILES string of the molecule is COc1ccc(Br)c(CC(=O)CCCC(C)N)c1. The van der Waals surface area contributed by atoms with Crippen LogP contribution in [0.5, 0.6) is 5.75 Å². The Bertz CT molecular complexity index is 405. The Labute approximate surface area is 117 Å². The highest BCUT2D eigenvalue weighted by molar-refractivity contribution is 9.10. The fourth-order valence-electron chi connectivity index (χ4n) is 1.74. The molecular weight excluding hydrogens is 294 g/mol. The van der Waals surface area contributed by atoms with Crippen molar-refractivity contribution in [2.45, 2.75) is 38.6 Å². The van der Waals surface area contributed by atoms with Crippen LogP contribution in [0, 0.1) is 0 Å². The minimum atomic E-state index is 0.168. The van der Waals surface area contributed by atoms with Crippen LogP contribution in [-0.2, 0) is 11.2 Å². The van der Waals surface area contributed by atoms with Gasteiger partial charge in [-0.1, -0.05) is 15.9 Å². The molecule has 1 rings (SSSR count). The summed E-state index contributed by atoms with van der Waals surface area (Å²) in [5.74, 6) is 1.01. The number of rotatable bonds is 7. The Hall–Kier alpha value is -0.870. The van der Waals surface area contributed by atoms with Crippen LogP contribution in [0.3, 0.4) is 0 Å². The van der Waals surface area contributed by atoms with Crippen LogP contribution in [0.1, 0.15) is 31.7 Å². The van der Waals surface area contributed by atoms with E-state index >= 15 is 0 Å². The molecule has 1 aromatic carbocycles. The van der Waals surface area contributed by atoms with Crippen molar-refractivity contribution in [2.75, 3.05) is 7.11 Å². The number of halogens is 1. The summed E-state index contributed by atoms with van der Waals surface area (Å²) in [4.78, 5) is 11.8. The van der Waals surface area contributed by atoms with E-state index in [9.17, 15) is 4.79 Å². The molecule has 1 aromatic rings. The van der Waals surface area contributed by atoms with Crippen molar-refractivity contribution in [3.8, 4) is 5.75 Å². The molecule has 1 unspecified atom stereocenters. The second kappa shape index (κ2) is 7.54. The Morgan fingerprint density at radius 2 is 2.22 bits per heavy atom. The minimum absolute atomic E-state index is 0.168. The van der Waals surface area contributed by atoms with Crippen molar-refractivity contribution >= 4 is 21.7 Å². The summed E-state index contributed by atoms with van der Waals surface area (Å²) < 4.78 is 6.10. The normalized spacial score (nSPS) is 12.2. The second-order valence-electron chi connectivity index (χ2n) is 4.54. The molecule has 2 N–H and O–H groups in total. The van der Waals surface area contributed by atoms with Gasteiger partial charge in [-0.2, -0.15) is 0 Å². The predicted molar refractivity (Wildman–Crippen MR) is 76.9 cm³/mol. The van der Waals surface area contributed by atoms with Crippen molar-refractivity contribution in [2.24, 2.45) is 5.73 Å². The zero-order valence-electron chi connectivity index (χ0n) is 10.9. The number of carbonyl (C=O) groups excluding carboxylic acids is 1. The number of ketones is 1. The summed E-state index contributed by atoms with van der Waals surface area (Å²) in [6.45, 7) is 1.96. The lowest BCUT2D eigenvalue weighted by atomic mass is 10.0. The summed E-state index contributed by atoms with van der Waals surface area (Å²) in [5.41, 5.74) is 6.63. The third kappa shape index (κ3) is 5.19. The molecule has 0 fully saturated rings. The van der Waals surface area contributed by atoms with Crippen LogP contribution in [0.25, 0.3) is 0 Å². The van der Waals surface area contributed by atoms with E-state index < -0.39 is 0 Å². The van der Waals surface area contributed by atoms with Crippen molar-refractivity contribution in [1.82, 2.24) is 0 Å². The zero-order valence-corrected chi connectivity index (χ0v) is 12.5. The highest BCUT2D eigenvalue weighted by atomic mass is 79.9. The van der Waals surface area contributed by atoms with Gasteiger partial charge in [0.25, 0.3) is 0 Å². The van der Waals surface area contributed by atoms with Gasteiger partial charge in [0.2, 0.25) is 0 Å². The third-order valence-electron chi connectivity index (χ3n) is 2.76. The standard InChI is InChI=1S/C14H20BrNO2/c1-10(16)4-3-5-12(17)8-11-9-13(18-2)6-7-14(11)15/h6-7,9-10H,3-5,8,16H2,1-2H3. The molecule has 0 aliphatic heterocycles. The minimum Gasteiger partial charge on any atom is -0.497 e. The molecule has 0 aromatic heterocycles. The van der Waals surface area contributed by atoms with Gasteiger partial charge in [-0.25, -0.2) is 0 Å². The van der Waals surface area contributed by atoms with Gasteiger partial charge in [0.05, 0.1) is 7.11 Å². The molecular formula is C14H20BrNO2. The largest absolute Gasteiger partial charge is 0.497 e. The molecule has 3 nitrogen and oxygen atoms in total. The van der Waals surface area contributed by atoms with E-state index in [1.165, 1.54) is 0 Å². The van der Waals surface area contributed by atoms with Gasteiger partial charge >= 0.3 is 0 Å². The topological polar surface area (TPSA) is 52.3 Å². The highest BCUT2D eigenvalue weighted by Gasteiger charge is 2.08. The van der Waals surface area contributed by atoms with Crippen molar-refractivity contribution in [3.63, 3.8) is 0 Å². The van der Waals surface area contributed by atoms with Crippen LogP contribution >= 0.6 is 15.9 Å². The third-order valence-corrected chi connectivity index (χ3v) is 3.53. The molecule has 0 saturated heterocycles. The van der Waals surface area contributed by atoms with Crippen LogP contribution in [0.4, 0.5) is 0 Å². The van der Waals surface area contributed by atoms with Crippen LogP contribution in [0.2, 0.25) is 0 Å². The maximum Gasteiger partial charge on any atom is 0.137 e. The first-order valence-electron chi connectivity index (χ1n) is 6.12. The predicted octanol–water partition coefficient (Wildman–Crippen LogP) is 3.09. The lowest BCUT2D eigenvalue weighted by Gasteiger charge is -2.07. The van der Waals surface area contributed by atoms with Gasteiger partial charge in [-0.3, -0.25) is 4.79 Å². The number of Topliss-reactive ketones (excluding diaryl/α,β-unsaturated/α-hetero) is 1. The number of carbonyl (C=O) groups is 1. The van der Waals surface area contributed by atoms with Crippen molar-refractivity contribution < 1.29 is 9.53 Å². The number of methoxy groups -OCH3 is 1. The average molecular weight is 314 g/mol. The molecule has 0 aliphatic rings. The van der Waals surface area contributed by atoms with E-state index in [1.807, 2.05) is 25.1 Å². The van der Waals surface area contributed by atoms with Crippen LogP contribution in [0.15, 0.2) is 22.7 Å². The zero-order chi connectivity index (χ0) is 13.5. The Kier molecular flexibility index (Phi) is 6.36. The monoisotopic (exact) mass is 313 g/mol. The average Bonchev–Trinajstić information content (AvgIpc) is 2.31. The fraction of sp³-hybridized carbons (Fsp3) is 0.500. The second-order valence-corrected chi connectivity index (χ2v) is 5.40. The highest BCUT2D eigenvalue weighted by Crippen LogP contribution is 2.23. The van der Waals surface area contributed by atoms with E-state index in [1.54, 1.807) is 7.11 Å². The summed E-state index contributed by atoms with van der Waals surface area (Å²) in [7, 11) is 1.62. The van der Waals surface area contributed by atoms with E-state index in [0.717, 1.165) is 28.6 Å². The van der Waals surface area contributed by atoms with Gasteiger partial charge in [0.15, 0.2) is 0 Å². The van der Waals surface area contributed by atoms with E-state index in [0.29, 0.717) is 12.8 Å². The number of benzene rings is 1. The molecule has 0 radical (unpaired) electrons. The number of hydrogen-bond acceptors (Lipinski definition) is 3. The van der Waals surface area contributed by atoms with Crippen LogP contribution < -0.4 is 10.5 Å². The van der Waals surface area contributed by atoms with Gasteiger partial charge < -0.3 is 10.5 Å². The Balaban J connectivity index is 2.53. The molecule has 1 atom stereocenters. The summed E-state index contributed by atoms with van der Waals surface area (Å²) in [6.07, 6.45) is 2.78. The molecule has 0 heterocycles. The first-order chi connectivity index (χ1) is 8.52. The van der Waals surface area contributed by atoms with E-state index in [2.05, 4.69) is 15.9 Å². The number of nitrogens with two attached hydrogens (primary N) is 1. The molecule has 4 heteroatoms. The Morgan fingerprint density at radius 3 is 2.83 bits per heavy atom. The Morgan fingerprint density at radius 1 is 1.50 bits per heavy atom. The van der Waals surface area contributed by atoms with Gasteiger partial charge in [-0.15, -0.1) is 0 Å². The lowest BCUT2D eigenvalue weighted by molar-refractivity contribution is -0.118. The molecule has 0 saturated carbocycles. The maximum atomic E-state index is 11.8. The first kappa shape index (κ1) is 15.2. The van der Waals surface area contributed by atoms with Gasteiger partial charge in [-0.05, 0) is 43.5 Å². The van der Waals surface area contributed by atoms with E-state index in [-0.39, 0.29) is 11.8 Å². The van der Waals surface area contributed by atoms with Crippen LogP contribution in [-0.4, -0.2) is 18.9 Å². The molecule has 0 amide bonds. The quantitative estimate of drug-likeness (QED) is 0.841. The fourth-order valence-corrected chi connectivity index (χ4v) is 2.12. The summed E-state index contributed by atoms with van der Waals surface area (Å²) in [5, 5.41) is 0. The van der Waals surface area contributed by atoms with Gasteiger partial charge in [0.1, 0.15) is 11.5 Å². The van der Waals surface area contributed by atoms with Gasteiger partial charge in [0, 0.05) is 23.4 Å². The first-order valence-corrected chi connectivity index (χ1v) is 6.92. The molecule has 0 aliphatic carbocycles. The molecule has 18 heavy (non-hydrogen) atoms.